The maximum Gasteiger partial charge on any atom is 0.267 e. The molecular weight excluding hydrogens is 465 g/mol. The van der Waals surface area contributed by atoms with Crippen LogP contribution >= 0.6 is 11.6 Å². The van der Waals surface area contributed by atoms with Gasteiger partial charge in [-0.1, -0.05) is 24.1 Å². The van der Waals surface area contributed by atoms with Gasteiger partial charge < -0.3 is 0 Å². The summed E-state index contributed by atoms with van der Waals surface area (Å²) < 4.78 is 95.8. The topological polar surface area (TPSA) is 83.6 Å². The first-order valence-corrected chi connectivity index (χ1v) is 12.2. The Morgan fingerprint density at radius 2 is 1.60 bits per heavy atom. The first-order valence-electron chi connectivity index (χ1n) is 8.92. The second-order valence-electron chi connectivity index (χ2n) is 6.84. The van der Waals surface area contributed by atoms with Crippen molar-refractivity contribution in [3.63, 3.8) is 0 Å². The Labute approximate surface area is 177 Å². The number of nitrogens with one attached hydrogen (secondary N) is 1. The molecule has 6 nitrogen and oxygen atoms in total. The van der Waals surface area contributed by atoms with Gasteiger partial charge in [0.1, 0.15) is 16.7 Å². The van der Waals surface area contributed by atoms with Crippen LogP contribution in [0.1, 0.15) is 24.8 Å². The lowest BCUT2D eigenvalue weighted by Crippen LogP contribution is -2.35. The molecule has 30 heavy (non-hydrogen) atoms. The summed E-state index contributed by atoms with van der Waals surface area (Å²) in [5.41, 5.74) is 0.123. The highest BCUT2D eigenvalue weighted by Crippen LogP contribution is 2.31. The van der Waals surface area contributed by atoms with Crippen LogP contribution in [0.25, 0.3) is 0 Å². The summed E-state index contributed by atoms with van der Waals surface area (Å²) in [6.45, 7) is 2.18. The van der Waals surface area contributed by atoms with E-state index in [4.69, 9.17) is 11.6 Å². The summed E-state index contributed by atoms with van der Waals surface area (Å²) in [4.78, 5) is -1.62. The molecule has 1 heterocycles. The minimum atomic E-state index is -4.88. The predicted octanol–water partition coefficient (Wildman–Crippen LogP) is 4.04. The number of rotatable bonds is 5. The van der Waals surface area contributed by atoms with E-state index >= 15 is 0 Å². The van der Waals surface area contributed by atoms with Crippen LogP contribution in [0.2, 0.25) is 5.02 Å². The van der Waals surface area contributed by atoms with Gasteiger partial charge in [-0.2, -0.15) is 4.31 Å². The average molecular weight is 483 g/mol. The van der Waals surface area contributed by atoms with Crippen molar-refractivity contribution in [3.05, 3.63) is 52.3 Å². The molecule has 1 fully saturated rings. The molecule has 0 aliphatic carbocycles. The van der Waals surface area contributed by atoms with Crippen molar-refractivity contribution in [1.29, 1.82) is 0 Å². The van der Waals surface area contributed by atoms with E-state index in [0.717, 1.165) is 12.5 Å². The summed E-state index contributed by atoms with van der Waals surface area (Å²) in [5, 5.41) is -1.17. The molecule has 0 bridgehead atoms. The molecule has 1 N–H and O–H groups in total. The summed E-state index contributed by atoms with van der Waals surface area (Å²) in [5.74, 6) is -4.90. The first kappa shape index (κ1) is 22.9. The normalized spacial score (nSPS) is 15.9. The fraction of sp³-hybridized carbons (Fsp3) is 0.333. The lowest BCUT2D eigenvalue weighted by atomic mass is 10.2. The Morgan fingerprint density at radius 3 is 2.23 bits per heavy atom. The SMILES string of the molecule is Cc1ccc(S(=O)(=O)N2CCCCC2)cc1NS(=O)(=O)c1c(F)cc(F)c(Cl)c1F. The highest BCUT2D eigenvalue weighted by atomic mass is 35.5. The molecule has 3 rings (SSSR count). The van der Waals surface area contributed by atoms with Gasteiger partial charge in [-0.25, -0.2) is 30.0 Å². The summed E-state index contributed by atoms with van der Waals surface area (Å²) in [6.07, 6.45) is 2.35. The molecule has 0 aromatic heterocycles. The molecule has 0 amide bonds. The van der Waals surface area contributed by atoms with Gasteiger partial charge in [-0.3, -0.25) is 4.72 Å². The second-order valence-corrected chi connectivity index (χ2v) is 10.8. The number of piperidine rings is 1. The van der Waals surface area contributed by atoms with Crippen LogP contribution in [0.15, 0.2) is 34.1 Å². The van der Waals surface area contributed by atoms with E-state index in [1.54, 1.807) is 0 Å². The molecule has 0 unspecified atom stereocenters. The predicted molar refractivity (Wildman–Crippen MR) is 106 cm³/mol. The zero-order chi connectivity index (χ0) is 22.3. The van der Waals surface area contributed by atoms with E-state index in [9.17, 15) is 30.0 Å². The Kier molecular flexibility index (Phi) is 6.38. The van der Waals surface area contributed by atoms with Crippen molar-refractivity contribution < 1.29 is 30.0 Å². The second kappa shape index (κ2) is 8.37. The van der Waals surface area contributed by atoms with Crippen molar-refractivity contribution in [1.82, 2.24) is 4.31 Å². The van der Waals surface area contributed by atoms with Crippen LogP contribution < -0.4 is 4.72 Å². The van der Waals surface area contributed by atoms with Crippen LogP contribution in [-0.2, 0) is 20.0 Å². The van der Waals surface area contributed by atoms with Crippen LogP contribution in [0, 0.1) is 24.4 Å². The first-order chi connectivity index (χ1) is 13.9. The van der Waals surface area contributed by atoms with Gasteiger partial charge in [0.15, 0.2) is 10.7 Å². The van der Waals surface area contributed by atoms with Crippen molar-refractivity contribution in [3.8, 4) is 0 Å². The van der Waals surface area contributed by atoms with E-state index in [1.807, 2.05) is 4.72 Å². The van der Waals surface area contributed by atoms with Crippen LogP contribution in [0.5, 0.6) is 0 Å². The van der Waals surface area contributed by atoms with Gasteiger partial charge in [-0.15, -0.1) is 0 Å². The standard InChI is InChI=1S/C18H18ClF3N2O4S2/c1-11-5-6-12(30(27,28)24-7-3-2-4-8-24)9-15(11)23-29(25,26)18-14(21)10-13(20)16(19)17(18)22/h5-6,9-10,23H,2-4,7-8H2,1H3. The summed E-state index contributed by atoms with van der Waals surface area (Å²) in [6, 6.07) is 3.94. The summed E-state index contributed by atoms with van der Waals surface area (Å²) in [7, 11) is -8.75. The van der Waals surface area contributed by atoms with Crippen molar-refractivity contribution in [2.75, 3.05) is 17.8 Å². The zero-order valence-corrected chi connectivity index (χ0v) is 18.1. The molecule has 0 radical (unpaired) electrons. The molecule has 0 atom stereocenters. The van der Waals surface area contributed by atoms with Gasteiger partial charge >= 0.3 is 0 Å². The largest absolute Gasteiger partial charge is 0.279 e. The smallest absolute Gasteiger partial charge is 0.267 e. The van der Waals surface area contributed by atoms with Gasteiger partial charge in [-0.05, 0) is 37.5 Å². The molecule has 164 valence electrons. The summed E-state index contributed by atoms with van der Waals surface area (Å²) >= 11 is 5.37. The highest BCUT2D eigenvalue weighted by Gasteiger charge is 2.30. The highest BCUT2D eigenvalue weighted by molar-refractivity contribution is 7.92. The third-order valence-electron chi connectivity index (χ3n) is 4.75. The van der Waals surface area contributed by atoms with Crippen molar-refractivity contribution >= 4 is 37.3 Å². The van der Waals surface area contributed by atoms with Gasteiger partial charge in [0.05, 0.1) is 10.6 Å². The molecule has 2 aromatic rings. The Morgan fingerprint density at radius 1 is 0.967 bits per heavy atom. The van der Waals surface area contributed by atoms with Crippen molar-refractivity contribution in [2.24, 2.45) is 0 Å². The van der Waals surface area contributed by atoms with E-state index < -0.39 is 47.4 Å². The maximum absolute atomic E-state index is 14.2. The van der Waals surface area contributed by atoms with Crippen molar-refractivity contribution in [2.45, 2.75) is 36.0 Å². The fourth-order valence-corrected chi connectivity index (χ4v) is 6.13. The van der Waals surface area contributed by atoms with E-state index in [1.165, 1.54) is 23.4 Å². The molecule has 12 heteroatoms. The number of hydrogen-bond donors (Lipinski definition) is 1. The molecular formula is C18H18ClF3N2O4S2. The molecule has 2 aromatic carbocycles. The van der Waals surface area contributed by atoms with Gasteiger partial charge in [0.25, 0.3) is 10.0 Å². The minimum Gasteiger partial charge on any atom is -0.279 e. The third-order valence-corrected chi connectivity index (χ3v) is 8.39. The number of benzene rings is 2. The van der Waals surface area contributed by atoms with Crippen LogP contribution in [-0.4, -0.2) is 34.2 Å². The van der Waals surface area contributed by atoms with Gasteiger partial charge in [0, 0.05) is 19.2 Å². The van der Waals surface area contributed by atoms with E-state index in [0.29, 0.717) is 31.5 Å². The Bertz CT molecular complexity index is 1200. The molecule has 0 saturated carbocycles. The molecule has 1 aliphatic heterocycles. The third kappa shape index (κ3) is 4.29. The molecule has 1 aliphatic rings. The van der Waals surface area contributed by atoms with E-state index in [2.05, 4.69) is 0 Å². The number of sulfonamides is 2. The number of hydrogen-bond acceptors (Lipinski definition) is 4. The number of halogens is 4. The average Bonchev–Trinajstić information content (AvgIpc) is 2.68. The minimum absolute atomic E-state index is 0.157. The number of aryl methyl sites for hydroxylation is 1. The lowest BCUT2D eigenvalue weighted by molar-refractivity contribution is 0.346. The molecule has 1 saturated heterocycles. The van der Waals surface area contributed by atoms with Gasteiger partial charge in [0.2, 0.25) is 10.0 Å². The van der Waals surface area contributed by atoms with E-state index in [-0.39, 0.29) is 16.6 Å². The fourth-order valence-electron chi connectivity index (χ4n) is 3.12. The quantitative estimate of drug-likeness (QED) is 0.515. The Balaban J connectivity index is 2.02. The number of anilines is 1. The maximum atomic E-state index is 14.2. The zero-order valence-electron chi connectivity index (χ0n) is 15.8. The Hall–Kier alpha value is -1.82. The lowest BCUT2D eigenvalue weighted by Gasteiger charge is -2.26. The number of nitrogens with zero attached hydrogens (tertiary/aromatic N) is 1. The van der Waals surface area contributed by atoms with Crippen LogP contribution in [0.4, 0.5) is 18.9 Å². The molecule has 0 spiro atoms. The monoisotopic (exact) mass is 482 g/mol. The van der Waals surface area contributed by atoms with Crippen LogP contribution in [0.3, 0.4) is 0 Å².